The molecule has 1 heterocycles. The van der Waals surface area contributed by atoms with Gasteiger partial charge in [-0.15, -0.1) is 0 Å². The lowest BCUT2D eigenvalue weighted by Gasteiger charge is -2.07. The van der Waals surface area contributed by atoms with Gasteiger partial charge < -0.3 is 19.7 Å². The molecule has 1 aromatic carbocycles. The molecule has 0 saturated heterocycles. The van der Waals surface area contributed by atoms with Crippen molar-refractivity contribution in [2.24, 2.45) is 10.9 Å². The maximum absolute atomic E-state index is 11.6. The molecule has 0 atom stereocenters. The van der Waals surface area contributed by atoms with Gasteiger partial charge in [0.1, 0.15) is 16.4 Å². The molecule has 2 aromatic rings. The first-order valence-corrected chi connectivity index (χ1v) is 7.09. The molecule has 0 saturated carbocycles. The van der Waals surface area contributed by atoms with Gasteiger partial charge in [0.25, 0.3) is 0 Å². The molecule has 0 amide bonds. The smallest absolute Gasteiger partial charge is 0.433 e. The average molecular weight is 366 g/mol. The van der Waals surface area contributed by atoms with E-state index in [4.69, 9.17) is 26.5 Å². The zero-order chi connectivity index (χ0) is 18.4. The zero-order valence-corrected chi connectivity index (χ0v) is 13.6. The number of halogens is 1. The topological polar surface area (TPSA) is 130 Å². The molecule has 25 heavy (non-hydrogen) atoms. The molecule has 2 N–H and O–H groups in total. The first-order chi connectivity index (χ1) is 11.9. The minimum absolute atomic E-state index is 0.108. The van der Waals surface area contributed by atoms with Gasteiger partial charge in [-0.3, -0.25) is 10.1 Å². The number of hydrogen-bond donors (Lipinski definition) is 1. The van der Waals surface area contributed by atoms with Crippen LogP contribution >= 0.6 is 11.6 Å². The van der Waals surface area contributed by atoms with Crippen LogP contribution in [-0.4, -0.2) is 23.8 Å². The van der Waals surface area contributed by atoms with Gasteiger partial charge in [0.15, 0.2) is 5.84 Å². The lowest BCUT2D eigenvalue weighted by molar-refractivity contribution is -0.402. The first-order valence-electron chi connectivity index (χ1n) is 6.71. The van der Waals surface area contributed by atoms with E-state index in [1.165, 1.54) is 25.3 Å². The number of oxime groups is 1. The molecule has 0 aliphatic heterocycles. The Labute approximate surface area is 146 Å². The van der Waals surface area contributed by atoms with Gasteiger partial charge in [-0.05, 0) is 30.3 Å². The van der Waals surface area contributed by atoms with Crippen molar-refractivity contribution in [1.82, 2.24) is 0 Å². The molecular formula is C15H12ClN3O6. The van der Waals surface area contributed by atoms with Crippen LogP contribution < -0.4 is 10.5 Å². The third kappa shape index (κ3) is 4.82. The third-order valence-electron chi connectivity index (χ3n) is 2.85. The van der Waals surface area contributed by atoms with Crippen molar-refractivity contribution in [1.29, 1.82) is 0 Å². The number of carbonyl (C=O) groups excluding carboxylic acids is 1. The van der Waals surface area contributed by atoms with Crippen molar-refractivity contribution in [2.45, 2.75) is 0 Å². The van der Waals surface area contributed by atoms with Crippen molar-refractivity contribution < 1.29 is 23.7 Å². The zero-order valence-electron chi connectivity index (χ0n) is 12.8. The lowest BCUT2D eigenvalue weighted by Crippen LogP contribution is -2.16. The molecule has 130 valence electrons. The van der Waals surface area contributed by atoms with Crippen LogP contribution in [-0.2, 0) is 9.63 Å². The van der Waals surface area contributed by atoms with Crippen LogP contribution in [0.3, 0.4) is 0 Å². The second kappa shape index (κ2) is 7.97. The highest BCUT2D eigenvalue weighted by atomic mass is 35.5. The van der Waals surface area contributed by atoms with E-state index in [0.717, 1.165) is 12.1 Å². The number of nitrogens with two attached hydrogens (primary N) is 1. The summed E-state index contributed by atoms with van der Waals surface area (Å²) in [5.41, 5.74) is 6.10. The monoisotopic (exact) mass is 365 g/mol. The minimum atomic E-state index is -0.858. The molecule has 0 bridgehead atoms. The number of ether oxygens (including phenoxy) is 1. The van der Waals surface area contributed by atoms with E-state index in [9.17, 15) is 14.9 Å². The second-order valence-corrected chi connectivity index (χ2v) is 4.93. The summed E-state index contributed by atoms with van der Waals surface area (Å²) in [5, 5.41) is 14.4. The van der Waals surface area contributed by atoms with Crippen LogP contribution in [0.5, 0.6) is 5.75 Å². The Bertz CT molecular complexity index is 859. The Hall–Kier alpha value is -3.33. The Morgan fingerprint density at radius 3 is 2.80 bits per heavy atom. The molecule has 0 aliphatic carbocycles. The van der Waals surface area contributed by atoms with E-state index < -0.39 is 16.8 Å². The van der Waals surface area contributed by atoms with Gasteiger partial charge in [0, 0.05) is 11.1 Å². The highest BCUT2D eigenvalue weighted by Gasteiger charge is 2.11. The Balaban J connectivity index is 2.05. The Morgan fingerprint density at radius 2 is 2.16 bits per heavy atom. The molecule has 2 rings (SSSR count). The number of furan rings is 1. The van der Waals surface area contributed by atoms with E-state index in [0.29, 0.717) is 16.3 Å². The predicted molar refractivity (Wildman–Crippen MR) is 89.2 cm³/mol. The van der Waals surface area contributed by atoms with Gasteiger partial charge in [-0.2, -0.15) is 0 Å². The van der Waals surface area contributed by atoms with Crippen molar-refractivity contribution in [3.05, 3.63) is 62.9 Å². The molecule has 1 aromatic heterocycles. The molecule has 0 radical (unpaired) electrons. The number of carbonyl (C=O) groups is 1. The number of hydrogen-bond acceptors (Lipinski definition) is 7. The van der Waals surface area contributed by atoms with Crippen LogP contribution in [0, 0.1) is 10.1 Å². The maximum Gasteiger partial charge on any atom is 0.433 e. The highest BCUT2D eigenvalue weighted by Crippen LogP contribution is 2.22. The SMILES string of the molecule is COc1ccc(Cl)cc1/C(N)=N/OC(=O)/C=C/c1ccc([N+](=O)[O-])o1. The number of methoxy groups -OCH3 is 1. The first kappa shape index (κ1) is 18.0. The summed E-state index contributed by atoms with van der Waals surface area (Å²) in [5.74, 6) is -0.904. The van der Waals surface area contributed by atoms with Crippen LogP contribution in [0.25, 0.3) is 6.08 Å². The normalized spacial score (nSPS) is 11.5. The predicted octanol–water partition coefficient (Wildman–Crippen LogP) is 2.73. The van der Waals surface area contributed by atoms with Crippen LogP contribution in [0.1, 0.15) is 11.3 Å². The molecular weight excluding hydrogens is 354 g/mol. The van der Waals surface area contributed by atoms with E-state index in [1.807, 2.05) is 0 Å². The molecule has 0 aliphatic rings. The standard InChI is InChI=1S/C15H12ClN3O6/c1-23-12-5-2-9(16)8-11(12)15(17)18-25-14(20)7-4-10-3-6-13(24-10)19(21)22/h2-8H,1H3,(H2,17,18)/b7-4+. The number of rotatable bonds is 6. The van der Waals surface area contributed by atoms with E-state index in [-0.39, 0.29) is 11.6 Å². The van der Waals surface area contributed by atoms with Crippen molar-refractivity contribution in [3.8, 4) is 5.75 Å². The number of nitro groups is 1. The minimum Gasteiger partial charge on any atom is -0.496 e. The number of benzene rings is 1. The van der Waals surface area contributed by atoms with Gasteiger partial charge in [-0.1, -0.05) is 16.8 Å². The second-order valence-electron chi connectivity index (χ2n) is 4.50. The van der Waals surface area contributed by atoms with Gasteiger partial charge in [0.05, 0.1) is 18.7 Å². The van der Waals surface area contributed by atoms with Gasteiger partial charge in [0.2, 0.25) is 0 Å². The number of nitrogens with zero attached hydrogens (tertiary/aromatic N) is 2. The summed E-state index contributed by atoms with van der Waals surface area (Å²) in [7, 11) is 1.44. The fraction of sp³-hybridized carbons (Fsp3) is 0.0667. The summed E-state index contributed by atoms with van der Waals surface area (Å²) < 4.78 is 9.96. The summed E-state index contributed by atoms with van der Waals surface area (Å²) >= 11 is 5.88. The van der Waals surface area contributed by atoms with Crippen molar-refractivity contribution >= 4 is 35.4 Å². The summed E-state index contributed by atoms with van der Waals surface area (Å²) in [4.78, 5) is 26.0. The van der Waals surface area contributed by atoms with Crippen molar-refractivity contribution in [3.63, 3.8) is 0 Å². The Morgan fingerprint density at radius 1 is 1.40 bits per heavy atom. The Kier molecular flexibility index (Phi) is 5.75. The average Bonchev–Trinajstić information content (AvgIpc) is 3.07. The molecule has 0 fully saturated rings. The lowest BCUT2D eigenvalue weighted by atomic mass is 10.2. The fourth-order valence-electron chi connectivity index (χ4n) is 1.73. The van der Waals surface area contributed by atoms with Gasteiger partial charge >= 0.3 is 11.9 Å². The third-order valence-corrected chi connectivity index (χ3v) is 3.08. The van der Waals surface area contributed by atoms with Crippen LogP contribution in [0.15, 0.2) is 46.0 Å². The van der Waals surface area contributed by atoms with Crippen molar-refractivity contribution in [2.75, 3.05) is 7.11 Å². The molecule has 0 spiro atoms. The molecule has 0 unspecified atom stereocenters. The quantitative estimate of drug-likeness (QED) is 0.208. The molecule has 9 nitrogen and oxygen atoms in total. The largest absolute Gasteiger partial charge is 0.496 e. The van der Waals surface area contributed by atoms with E-state index in [2.05, 4.69) is 9.99 Å². The fourth-order valence-corrected chi connectivity index (χ4v) is 1.91. The van der Waals surface area contributed by atoms with Crippen LogP contribution in [0.4, 0.5) is 5.88 Å². The van der Waals surface area contributed by atoms with Gasteiger partial charge in [-0.25, -0.2) is 4.79 Å². The summed E-state index contributed by atoms with van der Waals surface area (Å²) in [6.45, 7) is 0. The highest BCUT2D eigenvalue weighted by molar-refractivity contribution is 6.31. The van der Waals surface area contributed by atoms with Crippen LogP contribution in [0.2, 0.25) is 5.02 Å². The van der Waals surface area contributed by atoms with E-state index >= 15 is 0 Å². The number of amidine groups is 1. The molecule has 10 heteroatoms. The summed E-state index contributed by atoms with van der Waals surface area (Å²) in [6.07, 6.45) is 2.18. The summed E-state index contributed by atoms with van der Waals surface area (Å²) in [6, 6.07) is 7.19. The maximum atomic E-state index is 11.6. The van der Waals surface area contributed by atoms with E-state index in [1.54, 1.807) is 12.1 Å².